The Bertz CT molecular complexity index is 328. The molecule has 0 aliphatic carbocycles. The Morgan fingerprint density at radius 1 is 1.41 bits per heavy atom. The first-order valence-corrected chi connectivity index (χ1v) is 6.43. The lowest BCUT2D eigenvalue weighted by Gasteiger charge is -2.22. The molecular weight excluding hydrogens is 214 g/mol. The van der Waals surface area contributed by atoms with Crippen molar-refractivity contribution >= 4 is 5.91 Å². The van der Waals surface area contributed by atoms with E-state index in [0.29, 0.717) is 18.9 Å². The summed E-state index contributed by atoms with van der Waals surface area (Å²) in [6.45, 7) is 3.66. The molecule has 1 aromatic rings. The standard InChI is InChI=1S/C13H21N3O/c17-13(10-12-4-3-5-14-11-12)15-6-9-16-7-1-2-8-16/h1-2,7-8,12,14H,3-6,9-11H2,(H,15,17). The van der Waals surface area contributed by atoms with Crippen LogP contribution >= 0.6 is 0 Å². The van der Waals surface area contributed by atoms with Gasteiger partial charge in [-0.05, 0) is 44.0 Å². The third kappa shape index (κ3) is 4.23. The Hall–Kier alpha value is -1.29. The first-order chi connectivity index (χ1) is 8.34. The van der Waals surface area contributed by atoms with Gasteiger partial charge in [-0.25, -0.2) is 0 Å². The average molecular weight is 235 g/mol. The van der Waals surface area contributed by atoms with E-state index < -0.39 is 0 Å². The molecule has 17 heavy (non-hydrogen) atoms. The highest BCUT2D eigenvalue weighted by atomic mass is 16.1. The van der Waals surface area contributed by atoms with Crippen LogP contribution in [-0.2, 0) is 11.3 Å². The SMILES string of the molecule is O=C(CC1CCCNC1)NCCn1cccc1. The molecule has 1 atom stereocenters. The predicted molar refractivity (Wildman–Crippen MR) is 67.7 cm³/mol. The molecule has 1 aromatic heterocycles. The maximum Gasteiger partial charge on any atom is 0.220 e. The Morgan fingerprint density at radius 3 is 2.94 bits per heavy atom. The Morgan fingerprint density at radius 2 is 2.24 bits per heavy atom. The lowest BCUT2D eigenvalue weighted by Crippen LogP contribution is -2.35. The number of carbonyl (C=O) groups excluding carboxylic acids is 1. The predicted octanol–water partition coefficient (Wildman–Crippen LogP) is 0.994. The topological polar surface area (TPSA) is 46.1 Å². The van der Waals surface area contributed by atoms with Crippen LogP contribution in [0, 0.1) is 5.92 Å². The molecule has 1 fully saturated rings. The zero-order valence-electron chi connectivity index (χ0n) is 10.2. The van der Waals surface area contributed by atoms with Gasteiger partial charge in [-0.2, -0.15) is 0 Å². The normalized spacial score (nSPS) is 20.1. The highest BCUT2D eigenvalue weighted by Gasteiger charge is 2.16. The molecule has 0 aromatic carbocycles. The number of hydrogen-bond donors (Lipinski definition) is 2. The zero-order valence-corrected chi connectivity index (χ0v) is 10.2. The van der Waals surface area contributed by atoms with Gasteiger partial charge in [-0.3, -0.25) is 4.79 Å². The van der Waals surface area contributed by atoms with Gasteiger partial charge in [0.05, 0.1) is 0 Å². The van der Waals surface area contributed by atoms with Crippen LogP contribution in [0.15, 0.2) is 24.5 Å². The smallest absolute Gasteiger partial charge is 0.220 e. The Balaban J connectivity index is 1.60. The third-order valence-corrected chi connectivity index (χ3v) is 3.23. The van der Waals surface area contributed by atoms with Gasteiger partial charge in [0.2, 0.25) is 5.91 Å². The quantitative estimate of drug-likeness (QED) is 0.799. The van der Waals surface area contributed by atoms with Gasteiger partial charge in [-0.1, -0.05) is 0 Å². The second kappa shape index (κ2) is 6.45. The summed E-state index contributed by atoms with van der Waals surface area (Å²) in [7, 11) is 0. The van der Waals surface area contributed by atoms with Gasteiger partial charge in [0.1, 0.15) is 0 Å². The highest BCUT2D eigenvalue weighted by Crippen LogP contribution is 2.13. The van der Waals surface area contributed by atoms with Gasteiger partial charge in [0.25, 0.3) is 0 Å². The van der Waals surface area contributed by atoms with E-state index in [2.05, 4.69) is 15.2 Å². The van der Waals surface area contributed by atoms with Crippen LogP contribution in [0.5, 0.6) is 0 Å². The third-order valence-electron chi connectivity index (χ3n) is 3.23. The zero-order chi connectivity index (χ0) is 11.9. The summed E-state index contributed by atoms with van der Waals surface area (Å²) >= 11 is 0. The first-order valence-electron chi connectivity index (χ1n) is 6.43. The molecule has 1 saturated heterocycles. The van der Waals surface area contributed by atoms with Crippen LogP contribution < -0.4 is 10.6 Å². The fourth-order valence-corrected chi connectivity index (χ4v) is 2.28. The number of nitrogens with zero attached hydrogens (tertiary/aromatic N) is 1. The molecule has 0 saturated carbocycles. The van der Waals surface area contributed by atoms with E-state index in [-0.39, 0.29) is 5.91 Å². The molecule has 1 aliphatic heterocycles. The van der Waals surface area contributed by atoms with Crippen molar-refractivity contribution in [1.82, 2.24) is 15.2 Å². The number of nitrogens with one attached hydrogen (secondary N) is 2. The summed E-state index contributed by atoms with van der Waals surface area (Å²) in [5.74, 6) is 0.709. The molecular formula is C13H21N3O. The molecule has 1 amide bonds. The van der Waals surface area contributed by atoms with Gasteiger partial charge in [-0.15, -0.1) is 0 Å². The van der Waals surface area contributed by atoms with E-state index in [1.54, 1.807) is 0 Å². The van der Waals surface area contributed by atoms with Crippen LogP contribution in [0.4, 0.5) is 0 Å². The Labute approximate surface area is 102 Å². The van der Waals surface area contributed by atoms with Gasteiger partial charge in [0, 0.05) is 31.9 Å². The number of hydrogen-bond acceptors (Lipinski definition) is 2. The summed E-state index contributed by atoms with van der Waals surface area (Å²) in [5.41, 5.74) is 0. The molecule has 2 heterocycles. The van der Waals surface area contributed by atoms with Crippen molar-refractivity contribution in [3.63, 3.8) is 0 Å². The van der Waals surface area contributed by atoms with Gasteiger partial charge >= 0.3 is 0 Å². The molecule has 2 N–H and O–H groups in total. The van der Waals surface area contributed by atoms with Crippen molar-refractivity contribution in [3.05, 3.63) is 24.5 Å². The van der Waals surface area contributed by atoms with Crippen LogP contribution in [0.2, 0.25) is 0 Å². The minimum atomic E-state index is 0.186. The number of carbonyl (C=O) groups is 1. The van der Waals surface area contributed by atoms with E-state index in [4.69, 9.17) is 0 Å². The molecule has 0 radical (unpaired) electrons. The van der Waals surface area contributed by atoms with Crippen molar-refractivity contribution < 1.29 is 4.79 Å². The fraction of sp³-hybridized carbons (Fsp3) is 0.615. The summed E-state index contributed by atoms with van der Waals surface area (Å²) < 4.78 is 2.07. The summed E-state index contributed by atoms with van der Waals surface area (Å²) in [4.78, 5) is 11.7. The Kier molecular flexibility index (Phi) is 4.62. The van der Waals surface area contributed by atoms with E-state index in [1.807, 2.05) is 24.5 Å². The van der Waals surface area contributed by atoms with Gasteiger partial charge in [0.15, 0.2) is 0 Å². The number of amides is 1. The summed E-state index contributed by atoms with van der Waals surface area (Å²) in [6, 6.07) is 3.99. The molecule has 94 valence electrons. The van der Waals surface area contributed by atoms with E-state index in [1.165, 1.54) is 12.8 Å². The lowest BCUT2D eigenvalue weighted by molar-refractivity contribution is -0.122. The van der Waals surface area contributed by atoms with Crippen molar-refractivity contribution in [1.29, 1.82) is 0 Å². The second-order valence-corrected chi connectivity index (χ2v) is 4.69. The lowest BCUT2D eigenvalue weighted by atomic mass is 9.96. The monoisotopic (exact) mass is 235 g/mol. The molecule has 4 nitrogen and oxygen atoms in total. The molecule has 1 unspecified atom stereocenters. The van der Waals surface area contributed by atoms with Crippen LogP contribution in [0.3, 0.4) is 0 Å². The molecule has 0 spiro atoms. The minimum absolute atomic E-state index is 0.186. The molecule has 0 bridgehead atoms. The summed E-state index contributed by atoms with van der Waals surface area (Å²) in [5, 5.41) is 6.32. The summed E-state index contributed by atoms with van der Waals surface area (Å²) in [6.07, 6.45) is 7.06. The van der Waals surface area contributed by atoms with Crippen LogP contribution in [0.1, 0.15) is 19.3 Å². The van der Waals surface area contributed by atoms with E-state index >= 15 is 0 Å². The molecule has 2 rings (SSSR count). The van der Waals surface area contributed by atoms with Crippen molar-refractivity contribution in [2.75, 3.05) is 19.6 Å². The van der Waals surface area contributed by atoms with Crippen molar-refractivity contribution in [3.8, 4) is 0 Å². The number of aromatic nitrogens is 1. The van der Waals surface area contributed by atoms with Crippen LogP contribution in [-0.4, -0.2) is 30.1 Å². The number of rotatable bonds is 5. The van der Waals surface area contributed by atoms with Crippen LogP contribution in [0.25, 0.3) is 0 Å². The first kappa shape index (κ1) is 12.2. The highest BCUT2D eigenvalue weighted by molar-refractivity contribution is 5.76. The maximum atomic E-state index is 11.7. The largest absolute Gasteiger partial charge is 0.354 e. The van der Waals surface area contributed by atoms with Crippen molar-refractivity contribution in [2.45, 2.75) is 25.8 Å². The van der Waals surface area contributed by atoms with E-state index in [9.17, 15) is 4.79 Å². The second-order valence-electron chi connectivity index (χ2n) is 4.69. The minimum Gasteiger partial charge on any atom is -0.354 e. The average Bonchev–Trinajstić information content (AvgIpc) is 2.83. The molecule has 4 heteroatoms. The fourth-order valence-electron chi connectivity index (χ4n) is 2.28. The number of piperidine rings is 1. The van der Waals surface area contributed by atoms with E-state index in [0.717, 1.165) is 19.6 Å². The van der Waals surface area contributed by atoms with Crippen molar-refractivity contribution in [2.24, 2.45) is 5.92 Å². The van der Waals surface area contributed by atoms with Gasteiger partial charge < -0.3 is 15.2 Å². The molecule has 1 aliphatic rings. The maximum absolute atomic E-state index is 11.7.